The Morgan fingerprint density at radius 3 is 2.73 bits per heavy atom. The minimum Gasteiger partial charge on any atom is -0.358 e. The van der Waals surface area contributed by atoms with Crippen LogP contribution in [0.2, 0.25) is 10.0 Å². The molecule has 1 atom stereocenters. The Balaban J connectivity index is 1.51. The minimum absolute atomic E-state index is 0.199. The van der Waals surface area contributed by atoms with E-state index in [1.807, 2.05) is 0 Å². The zero-order valence-electron chi connectivity index (χ0n) is 18.0. The molecule has 1 aliphatic rings. The molecule has 174 valence electrons. The summed E-state index contributed by atoms with van der Waals surface area (Å²) >= 11 is 12.2. The number of anilines is 1. The van der Waals surface area contributed by atoms with E-state index in [2.05, 4.69) is 25.6 Å². The molecule has 1 aromatic carbocycles. The molecule has 4 rings (SSSR count). The molecule has 0 bridgehead atoms. The SMILES string of the molecule is O=C(NCc1ccc(Cl)cc1Cl)[C@@H](CC1CCCCC1)Nc1cc(-n2ccnc2)nc(F)n1. The van der Waals surface area contributed by atoms with Crippen LogP contribution in [0.1, 0.15) is 44.1 Å². The smallest absolute Gasteiger partial charge is 0.312 e. The van der Waals surface area contributed by atoms with Gasteiger partial charge in [-0.25, -0.2) is 4.98 Å². The number of imidazole rings is 1. The van der Waals surface area contributed by atoms with E-state index in [0.29, 0.717) is 28.2 Å². The third-order valence-corrected chi connectivity index (χ3v) is 6.44. The summed E-state index contributed by atoms with van der Waals surface area (Å²) in [5.41, 5.74) is 0.765. The largest absolute Gasteiger partial charge is 0.358 e. The van der Waals surface area contributed by atoms with Crippen molar-refractivity contribution >= 4 is 34.9 Å². The number of hydrogen-bond donors (Lipinski definition) is 2. The van der Waals surface area contributed by atoms with Gasteiger partial charge in [-0.3, -0.25) is 9.36 Å². The number of amides is 1. The first-order valence-electron chi connectivity index (χ1n) is 11.0. The molecule has 0 unspecified atom stereocenters. The zero-order chi connectivity index (χ0) is 23.2. The van der Waals surface area contributed by atoms with Crippen LogP contribution in [0.4, 0.5) is 10.2 Å². The molecule has 0 radical (unpaired) electrons. The molecule has 1 aliphatic carbocycles. The molecule has 1 saturated carbocycles. The standard InChI is InChI=1S/C23H25Cl2FN6O/c24-17-7-6-16(18(25)11-17)13-28-22(33)19(10-15-4-2-1-3-5-15)29-20-12-21(31-23(26)30-20)32-9-8-27-14-32/h6-9,11-12,14-15,19H,1-5,10,13H2,(H,28,33)(H,29,30,31)/t19-/m1/s1. The van der Waals surface area contributed by atoms with E-state index in [1.54, 1.807) is 41.2 Å². The van der Waals surface area contributed by atoms with Crippen LogP contribution >= 0.6 is 23.2 Å². The van der Waals surface area contributed by atoms with Gasteiger partial charge in [0.15, 0.2) is 0 Å². The molecular weight excluding hydrogens is 466 g/mol. The normalized spacial score (nSPS) is 15.2. The summed E-state index contributed by atoms with van der Waals surface area (Å²) in [6, 6.07) is 6.18. The van der Waals surface area contributed by atoms with Crippen molar-refractivity contribution in [3.63, 3.8) is 0 Å². The Kier molecular flexibility index (Phi) is 7.77. The predicted molar refractivity (Wildman–Crippen MR) is 126 cm³/mol. The van der Waals surface area contributed by atoms with Crippen molar-refractivity contribution in [2.45, 2.75) is 51.1 Å². The molecule has 0 saturated heterocycles. The number of carbonyl (C=O) groups excluding carboxylic acids is 1. The molecule has 2 aromatic heterocycles. The highest BCUT2D eigenvalue weighted by Crippen LogP contribution is 2.28. The Hall–Kier alpha value is -2.71. The maximum absolute atomic E-state index is 14.2. The van der Waals surface area contributed by atoms with Crippen molar-refractivity contribution in [2.75, 3.05) is 5.32 Å². The number of halogens is 3. The fourth-order valence-corrected chi connectivity index (χ4v) is 4.62. The maximum atomic E-state index is 14.2. The Morgan fingerprint density at radius 1 is 1.18 bits per heavy atom. The van der Waals surface area contributed by atoms with Gasteiger partial charge in [0.25, 0.3) is 0 Å². The molecule has 7 nitrogen and oxygen atoms in total. The third kappa shape index (κ3) is 6.42. The predicted octanol–water partition coefficient (Wildman–Crippen LogP) is 5.18. The molecule has 1 amide bonds. The van der Waals surface area contributed by atoms with E-state index < -0.39 is 12.1 Å². The molecule has 1 fully saturated rings. The van der Waals surface area contributed by atoms with Gasteiger partial charge in [0, 0.05) is 35.1 Å². The van der Waals surface area contributed by atoms with Gasteiger partial charge in [-0.15, -0.1) is 0 Å². The van der Waals surface area contributed by atoms with Gasteiger partial charge >= 0.3 is 6.08 Å². The molecule has 2 N–H and O–H groups in total. The van der Waals surface area contributed by atoms with Crippen LogP contribution in [0, 0.1) is 12.0 Å². The van der Waals surface area contributed by atoms with E-state index in [4.69, 9.17) is 23.2 Å². The van der Waals surface area contributed by atoms with E-state index in [9.17, 15) is 9.18 Å². The molecule has 0 spiro atoms. The lowest BCUT2D eigenvalue weighted by atomic mass is 9.84. The van der Waals surface area contributed by atoms with Crippen LogP contribution in [-0.4, -0.2) is 31.5 Å². The number of benzene rings is 1. The first kappa shape index (κ1) is 23.4. The zero-order valence-corrected chi connectivity index (χ0v) is 19.5. The number of nitrogens with zero attached hydrogens (tertiary/aromatic N) is 4. The van der Waals surface area contributed by atoms with Gasteiger partial charge in [-0.1, -0.05) is 61.4 Å². The second kappa shape index (κ2) is 10.9. The Labute approximate surface area is 201 Å². The van der Waals surface area contributed by atoms with E-state index in [0.717, 1.165) is 31.2 Å². The third-order valence-electron chi connectivity index (χ3n) is 5.85. The highest BCUT2D eigenvalue weighted by molar-refractivity contribution is 6.35. The lowest BCUT2D eigenvalue weighted by Gasteiger charge is -2.27. The van der Waals surface area contributed by atoms with Gasteiger partial charge in [0.2, 0.25) is 5.91 Å². The van der Waals surface area contributed by atoms with Gasteiger partial charge in [-0.05, 0) is 30.0 Å². The van der Waals surface area contributed by atoms with Gasteiger partial charge in [-0.2, -0.15) is 14.4 Å². The summed E-state index contributed by atoms with van der Waals surface area (Å²) in [4.78, 5) is 24.8. The molecule has 0 aliphatic heterocycles. The molecule has 3 aromatic rings. The first-order chi connectivity index (χ1) is 16.0. The van der Waals surface area contributed by atoms with Crippen LogP contribution in [-0.2, 0) is 11.3 Å². The van der Waals surface area contributed by atoms with Crippen molar-refractivity contribution in [1.29, 1.82) is 0 Å². The molecular formula is C23H25Cl2FN6O. The highest BCUT2D eigenvalue weighted by Gasteiger charge is 2.25. The van der Waals surface area contributed by atoms with Crippen molar-refractivity contribution in [3.05, 3.63) is 64.7 Å². The summed E-state index contributed by atoms with van der Waals surface area (Å²) in [6.45, 7) is 0.260. The topological polar surface area (TPSA) is 84.7 Å². The van der Waals surface area contributed by atoms with E-state index in [1.165, 1.54) is 12.7 Å². The van der Waals surface area contributed by atoms with E-state index in [-0.39, 0.29) is 18.3 Å². The first-order valence-corrected chi connectivity index (χ1v) is 11.7. The quantitative estimate of drug-likeness (QED) is 0.425. The number of nitrogens with one attached hydrogen (secondary N) is 2. The van der Waals surface area contributed by atoms with Crippen molar-refractivity contribution in [2.24, 2.45) is 5.92 Å². The van der Waals surface area contributed by atoms with Crippen molar-refractivity contribution in [3.8, 4) is 5.82 Å². The fraction of sp³-hybridized carbons (Fsp3) is 0.391. The maximum Gasteiger partial charge on any atom is 0.312 e. The Morgan fingerprint density at radius 2 is 2.00 bits per heavy atom. The number of hydrogen-bond acceptors (Lipinski definition) is 5. The van der Waals surface area contributed by atoms with Gasteiger partial charge in [0.05, 0.1) is 0 Å². The second-order valence-corrected chi connectivity index (χ2v) is 9.08. The van der Waals surface area contributed by atoms with Crippen LogP contribution in [0.25, 0.3) is 5.82 Å². The van der Waals surface area contributed by atoms with Crippen LogP contribution in [0.5, 0.6) is 0 Å². The average Bonchev–Trinajstić information content (AvgIpc) is 3.33. The molecule has 33 heavy (non-hydrogen) atoms. The van der Waals surface area contributed by atoms with Crippen LogP contribution in [0.3, 0.4) is 0 Å². The van der Waals surface area contributed by atoms with Crippen LogP contribution < -0.4 is 10.6 Å². The lowest BCUT2D eigenvalue weighted by Crippen LogP contribution is -2.41. The molecule has 2 heterocycles. The molecule has 10 heteroatoms. The average molecular weight is 491 g/mol. The minimum atomic E-state index is -0.881. The summed E-state index contributed by atoms with van der Waals surface area (Å²) in [5.74, 6) is 0.787. The summed E-state index contributed by atoms with van der Waals surface area (Å²) in [6.07, 6.45) is 10.2. The number of rotatable bonds is 8. The van der Waals surface area contributed by atoms with Crippen molar-refractivity contribution < 1.29 is 9.18 Å². The number of carbonyl (C=O) groups is 1. The number of aromatic nitrogens is 4. The van der Waals surface area contributed by atoms with Crippen molar-refractivity contribution in [1.82, 2.24) is 24.8 Å². The Bertz CT molecular complexity index is 1090. The summed E-state index contributed by atoms with van der Waals surface area (Å²) < 4.78 is 15.7. The highest BCUT2D eigenvalue weighted by atomic mass is 35.5. The monoisotopic (exact) mass is 490 g/mol. The van der Waals surface area contributed by atoms with Crippen LogP contribution in [0.15, 0.2) is 43.0 Å². The second-order valence-electron chi connectivity index (χ2n) is 8.24. The van der Waals surface area contributed by atoms with Gasteiger partial charge in [0.1, 0.15) is 24.0 Å². The summed E-state index contributed by atoms with van der Waals surface area (Å²) in [5, 5.41) is 7.10. The fourth-order valence-electron chi connectivity index (χ4n) is 4.14. The van der Waals surface area contributed by atoms with Gasteiger partial charge < -0.3 is 10.6 Å². The summed E-state index contributed by atoms with van der Waals surface area (Å²) in [7, 11) is 0. The lowest BCUT2D eigenvalue weighted by molar-refractivity contribution is -0.122. The van der Waals surface area contributed by atoms with E-state index >= 15 is 0 Å².